The zero-order chi connectivity index (χ0) is 13.0. The van der Waals surface area contributed by atoms with E-state index in [0.29, 0.717) is 19.3 Å². The van der Waals surface area contributed by atoms with Crippen molar-refractivity contribution in [3.05, 3.63) is 0 Å². The van der Waals surface area contributed by atoms with E-state index in [9.17, 15) is 0 Å². The van der Waals surface area contributed by atoms with E-state index in [1.54, 1.807) is 0 Å². The van der Waals surface area contributed by atoms with Crippen LogP contribution in [0.5, 0.6) is 0 Å². The molecule has 0 spiro atoms. The van der Waals surface area contributed by atoms with Crippen molar-refractivity contribution in [3.63, 3.8) is 0 Å². The average Bonchev–Trinajstić information content (AvgIpc) is 2.17. The van der Waals surface area contributed by atoms with Crippen LogP contribution in [-0.4, -0.2) is 48.3 Å². The van der Waals surface area contributed by atoms with Crippen molar-refractivity contribution in [1.29, 1.82) is 0 Å². The highest BCUT2D eigenvalue weighted by molar-refractivity contribution is 4.61. The van der Waals surface area contributed by atoms with E-state index in [0.717, 1.165) is 6.42 Å². The molecule has 100 valence electrons. The Labute approximate surface area is 99.6 Å². The summed E-state index contributed by atoms with van der Waals surface area (Å²) in [5, 5.41) is 16.2. The van der Waals surface area contributed by atoms with Gasteiger partial charge in [0, 0.05) is 0 Å². The van der Waals surface area contributed by atoms with Gasteiger partial charge in [-0.1, -0.05) is 6.92 Å². The van der Waals surface area contributed by atoms with Gasteiger partial charge >= 0.3 is 0 Å². The summed E-state index contributed by atoms with van der Waals surface area (Å²) in [7, 11) is 0. The minimum atomic E-state index is 0.0232. The zero-order valence-electron chi connectivity index (χ0n) is 11.3. The highest BCUT2D eigenvalue weighted by atomic mass is 16.5. The summed E-state index contributed by atoms with van der Waals surface area (Å²) in [6.45, 7) is 11.2. The molecule has 4 nitrogen and oxygen atoms in total. The smallest absolute Gasteiger partial charge is 0.0698 e. The molecule has 0 aliphatic carbocycles. The number of rotatable bonds is 6. The Balaban J connectivity index is 0. The molecule has 0 radical (unpaired) electrons. The molecule has 0 rings (SSSR count). The van der Waals surface area contributed by atoms with E-state index in [1.165, 1.54) is 0 Å². The maximum Gasteiger partial charge on any atom is 0.0698 e. The first-order chi connectivity index (χ1) is 7.37. The van der Waals surface area contributed by atoms with Crippen molar-refractivity contribution < 1.29 is 19.7 Å². The largest absolute Gasteiger partial charge is 0.394 e. The van der Waals surface area contributed by atoms with Gasteiger partial charge in [-0.2, -0.15) is 0 Å². The Morgan fingerprint density at radius 3 is 1.69 bits per heavy atom. The summed E-state index contributed by atoms with van der Waals surface area (Å²) < 4.78 is 10.2. The summed E-state index contributed by atoms with van der Waals surface area (Å²) >= 11 is 0. The second-order valence-corrected chi connectivity index (χ2v) is 4.51. The Morgan fingerprint density at radius 1 is 1.06 bits per heavy atom. The van der Waals surface area contributed by atoms with Gasteiger partial charge in [-0.25, -0.2) is 0 Å². The van der Waals surface area contributed by atoms with Gasteiger partial charge in [0.1, 0.15) is 0 Å². The molecule has 0 aliphatic heterocycles. The second kappa shape index (κ2) is 11.3. The van der Waals surface area contributed by atoms with E-state index in [4.69, 9.17) is 14.9 Å². The Morgan fingerprint density at radius 2 is 1.50 bits per heavy atom. The van der Waals surface area contributed by atoms with Gasteiger partial charge in [0.05, 0.1) is 38.1 Å². The van der Waals surface area contributed by atoms with E-state index in [2.05, 4.69) is 39.4 Å². The van der Waals surface area contributed by atoms with Crippen LogP contribution in [0.3, 0.4) is 0 Å². The van der Waals surface area contributed by atoms with Gasteiger partial charge in [0.25, 0.3) is 0 Å². The van der Waals surface area contributed by atoms with Crippen LogP contribution in [0.4, 0.5) is 0 Å². The van der Waals surface area contributed by atoms with E-state index < -0.39 is 0 Å². The van der Waals surface area contributed by atoms with E-state index in [1.807, 2.05) is 0 Å². The van der Waals surface area contributed by atoms with Crippen LogP contribution >= 0.6 is 0 Å². The Kier molecular flexibility index (Phi) is 12.9. The standard InChI is InChI=1S/C8H18O.C4H10O3/c1-6-7(2)9-8(3,4)5;5-1-3-7-4-2-6/h7H,6H2,1-5H3;5-6H,1-4H2. The van der Waals surface area contributed by atoms with Crippen LogP contribution in [0, 0.1) is 0 Å². The lowest BCUT2D eigenvalue weighted by Crippen LogP contribution is -2.24. The fourth-order valence-corrected chi connectivity index (χ4v) is 0.918. The van der Waals surface area contributed by atoms with E-state index >= 15 is 0 Å². The maximum atomic E-state index is 8.09. The third-order valence-corrected chi connectivity index (χ3v) is 1.60. The van der Waals surface area contributed by atoms with Crippen molar-refractivity contribution in [3.8, 4) is 0 Å². The summed E-state index contributed by atoms with van der Waals surface area (Å²) in [6, 6.07) is 0. The van der Waals surface area contributed by atoms with Crippen molar-refractivity contribution in [2.24, 2.45) is 0 Å². The number of aliphatic hydroxyl groups excluding tert-OH is 2. The molecule has 0 saturated heterocycles. The first kappa shape index (κ1) is 18.2. The monoisotopic (exact) mass is 236 g/mol. The van der Waals surface area contributed by atoms with Crippen LogP contribution in [-0.2, 0) is 9.47 Å². The molecule has 0 bridgehead atoms. The quantitative estimate of drug-likeness (QED) is 0.688. The summed E-state index contributed by atoms with van der Waals surface area (Å²) in [5.41, 5.74) is 0.0232. The molecule has 0 aliphatic rings. The van der Waals surface area contributed by atoms with Crippen molar-refractivity contribution >= 4 is 0 Å². The van der Waals surface area contributed by atoms with Crippen LogP contribution < -0.4 is 0 Å². The highest BCUT2D eigenvalue weighted by Gasteiger charge is 2.12. The van der Waals surface area contributed by atoms with Crippen molar-refractivity contribution in [1.82, 2.24) is 0 Å². The highest BCUT2D eigenvalue weighted by Crippen LogP contribution is 2.11. The third kappa shape index (κ3) is 19.4. The molecule has 1 unspecified atom stereocenters. The fourth-order valence-electron chi connectivity index (χ4n) is 0.918. The van der Waals surface area contributed by atoms with Crippen molar-refractivity contribution in [2.75, 3.05) is 26.4 Å². The summed E-state index contributed by atoms with van der Waals surface area (Å²) in [6.07, 6.45) is 1.49. The lowest BCUT2D eigenvalue weighted by Gasteiger charge is -2.23. The predicted molar refractivity (Wildman–Crippen MR) is 65.6 cm³/mol. The SMILES string of the molecule is CCC(C)OC(C)(C)C.OCCOCCO. The maximum absolute atomic E-state index is 8.09. The molecule has 16 heavy (non-hydrogen) atoms. The number of hydrogen-bond acceptors (Lipinski definition) is 4. The minimum absolute atomic E-state index is 0.0232. The number of hydrogen-bond donors (Lipinski definition) is 2. The molecule has 2 N–H and O–H groups in total. The van der Waals surface area contributed by atoms with Gasteiger partial charge in [-0.05, 0) is 34.1 Å². The molecule has 0 heterocycles. The fraction of sp³-hybridized carbons (Fsp3) is 1.00. The zero-order valence-corrected chi connectivity index (χ0v) is 11.3. The second-order valence-electron chi connectivity index (χ2n) is 4.51. The first-order valence-electron chi connectivity index (χ1n) is 5.84. The Bertz CT molecular complexity index is 127. The minimum Gasteiger partial charge on any atom is -0.394 e. The normalized spacial score (nSPS) is 12.9. The third-order valence-electron chi connectivity index (χ3n) is 1.60. The molecule has 0 aromatic carbocycles. The predicted octanol–water partition coefficient (Wildman–Crippen LogP) is 1.59. The molecule has 0 fully saturated rings. The van der Waals surface area contributed by atoms with Gasteiger partial charge in [0.15, 0.2) is 0 Å². The molecule has 0 saturated carbocycles. The van der Waals surface area contributed by atoms with Gasteiger partial charge in [0.2, 0.25) is 0 Å². The van der Waals surface area contributed by atoms with Gasteiger partial charge < -0.3 is 19.7 Å². The molecule has 0 aromatic rings. The summed E-state index contributed by atoms with van der Waals surface area (Å²) in [4.78, 5) is 0. The van der Waals surface area contributed by atoms with Crippen LogP contribution in [0.2, 0.25) is 0 Å². The summed E-state index contributed by atoms with van der Waals surface area (Å²) in [5.74, 6) is 0. The van der Waals surface area contributed by atoms with E-state index in [-0.39, 0.29) is 18.8 Å². The van der Waals surface area contributed by atoms with Crippen molar-refractivity contribution in [2.45, 2.75) is 52.7 Å². The average molecular weight is 236 g/mol. The van der Waals surface area contributed by atoms with Gasteiger partial charge in [-0.3, -0.25) is 0 Å². The van der Waals surface area contributed by atoms with Crippen LogP contribution in [0.25, 0.3) is 0 Å². The van der Waals surface area contributed by atoms with Gasteiger partial charge in [-0.15, -0.1) is 0 Å². The Hall–Kier alpha value is -0.160. The number of aliphatic hydroxyl groups is 2. The lowest BCUT2D eigenvalue weighted by atomic mass is 10.2. The molecule has 0 amide bonds. The molecular formula is C12H28O4. The first-order valence-corrected chi connectivity index (χ1v) is 5.84. The molecule has 0 aromatic heterocycles. The molecule has 4 heteroatoms. The van der Waals surface area contributed by atoms with Crippen LogP contribution in [0.15, 0.2) is 0 Å². The lowest BCUT2D eigenvalue weighted by molar-refractivity contribution is -0.0521. The molecule has 1 atom stereocenters. The topological polar surface area (TPSA) is 58.9 Å². The molecular weight excluding hydrogens is 208 g/mol. The van der Waals surface area contributed by atoms with Crippen LogP contribution in [0.1, 0.15) is 41.0 Å². The number of ether oxygens (including phenoxy) is 2.